The monoisotopic (exact) mass is 229 g/mol. The molecular weight excluding hydrogens is 222 g/mol. The van der Waals surface area contributed by atoms with E-state index in [-0.39, 0.29) is 0 Å². The Morgan fingerprint density at radius 3 is 2.75 bits per heavy atom. The van der Waals surface area contributed by atoms with E-state index in [0.29, 0.717) is 16.3 Å². The zero-order chi connectivity index (χ0) is 11.4. The molecule has 1 aromatic carbocycles. The van der Waals surface area contributed by atoms with Crippen molar-refractivity contribution in [3.8, 4) is 6.07 Å². The summed E-state index contributed by atoms with van der Waals surface area (Å²) in [6, 6.07) is 11.1. The van der Waals surface area contributed by atoms with Crippen molar-refractivity contribution in [1.82, 2.24) is 4.98 Å². The summed E-state index contributed by atoms with van der Waals surface area (Å²) in [6.45, 7) is 0. The van der Waals surface area contributed by atoms with Gasteiger partial charge in [-0.25, -0.2) is 0 Å². The number of nitriles is 1. The van der Waals surface area contributed by atoms with E-state index in [1.165, 1.54) is 0 Å². The van der Waals surface area contributed by atoms with Gasteiger partial charge in [-0.3, -0.25) is 4.98 Å². The normalized spacial score (nSPS) is 9.50. The average molecular weight is 230 g/mol. The molecule has 0 bridgehead atoms. The van der Waals surface area contributed by atoms with Gasteiger partial charge in [-0.2, -0.15) is 5.26 Å². The Balaban J connectivity index is 2.35. The Hall–Kier alpha value is -2.05. The van der Waals surface area contributed by atoms with Crippen LogP contribution < -0.4 is 5.32 Å². The molecule has 2 aromatic rings. The molecule has 0 amide bonds. The highest BCUT2D eigenvalue weighted by molar-refractivity contribution is 6.33. The van der Waals surface area contributed by atoms with E-state index in [0.717, 1.165) is 5.69 Å². The minimum atomic E-state index is 0.537. The number of halogens is 1. The number of hydrogen-bond donors (Lipinski definition) is 1. The molecule has 0 saturated carbocycles. The Kier molecular flexibility index (Phi) is 3.04. The van der Waals surface area contributed by atoms with Crippen molar-refractivity contribution in [2.45, 2.75) is 0 Å². The van der Waals surface area contributed by atoms with Gasteiger partial charge in [-0.1, -0.05) is 23.7 Å². The summed E-state index contributed by atoms with van der Waals surface area (Å²) in [6.07, 6.45) is 3.18. The van der Waals surface area contributed by atoms with Crippen molar-refractivity contribution in [2.24, 2.45) is 0 Å². The van der Waals surface area contributed by atoms with E-state index < -0.39 is 0 Å². The molecule has 0 spiro atoms. The lowest BCUT2D eigenvalue weighted by molar-refractivity contribution is 1.30. The number of aromatic nitrogens is 1. The van der Waals surface area contributed by atoms with Gasteiger partial charge in [0, 0.05) is 6.20 Å². The Morgan fingerprint density at radius 2 is 2.00 bits per heavy atom. The molecular formula is C12H8ClN3. The summed E-state index contributed by atoms with van der Waals surface area (Å²) in [7, 11) is 0. The molecule has 78 valence electrons. The largest absolute Gasteiger partial charge is 0.352 e. The molecule has 3 nitrogen and oxygen atoms in total. The van der Waals surface area contributed by atoms with E-state index in [2.05, 4.69) is 16.4 Å². The lowest BCUT2D eigenvalue weighted by atomic mass is 10.2. The van der Waals surface area contributed by atoms with Crippen molar-refractivity contribution in [3.63, 3.8) is 0 Å². The van der Waals surface area contributed by atoms with Crippen molar-refractivity contribution in [2.75, 3.05) is 5.32 Å². The molecule has 0 aliphatic rings. The van der Waals surface area contributed by atoms with Gasteiger partial charge >= 0.3 is 0 Å². The van der Waals surface area contributed by atoms with Crippen molar-refractivity contribution < 1.29 is 0 Å². The van der Waals surface area contributed by atoms with Crippen LogP contribution >= 0.6 is 11.6 Å². The maximum Gasteiger partial charge on any atom is 0.101 e. The summed E-state index contributed by atoms with van der Waals surface area (Å²) in [4.78, 5) is 3.96. The third-order valence-electron chi connectivity index (χ3n) is 2.08. The van der Waals surface area contributed by atoms with E-state index in [4.69, 9.17) is 16.9 Å². The second-order valence-electron chi connectivity index (χ2n) is 3.14. The quantitative estimate of drug-likeness (QED) is 0.859. The number of pyridine rings is 1. The molecule has 2 rings (SSSR count). The van der Waals surface area contributed by atoms with Crippen LogP contribution in [0.5, 0.6) is 0 Å². The minimum absolute atomic E-state index is 0.537. The molecule has 0 unspecified atom stereocenters. The Bertz CT molecular complexity index is 546. The van der Waals surface area contributed by atoms with Gasteiger partial charge in [0.25, 0.3) is 0 Å². The van der Waals surface area contributed by atoms with Gasteiger partial charge in [0.05, 0.1) is 28.2 Å². The van der Waals surface area contributed by atoms with Crippen LogP contribution in [0.2, 0.25) is 5.02 Å². The van der Waals surface area contributed by atoms with Crippen LogP contribution in [0.15, 0.2) is 42.7 Å². The number of nitrogens with zero attached hydrogens (tertiary/aromatic N) is 2. The van der Waals surface area contributed by atoms with Gasteiger partial charge in [-0.15, -0.1) is 0 Å². The molecule has 4 heteroatoms. The standard InChI is InChI=1S/C12H8ClN3/c13-10-3-1-2-4-11(10)16-12-8-15-6-5-9(12)7-14/h1-6,8,16H. The van der Waals surface area contributed by atoms with Crippen LogP contribution in [0.4, 0.5) is 11.4 Å². The van der Waals surface area contributed by atoms with E-state index >= 15 is 0 Å². The fourth-order valence-corrected chi connectivity index (χ4v) is 1.48. The maximum atomic E-state index is 8.91. The van der Waals surface area contributed by atoms with E-state index in [1.807, 2.05) is 18.2 Å². The molecule has 1 N–H and O–H groups in total. The topological polar surface area (TPSA) is 48.7 Å². The van der Waals surface area contributed by atoms with Crippen LogP contribution in [-0.4, -0.2) is 4.98 Å². The highest BCUT2D eigenvalue weighted by Gasteiger charge is 2.03. The summed E-state index contributed by atoms with van der Waals surface area (Å²) in [5, 5.41) is 12.6. The van der Waals surface area contributed by atoms with Gasteiger partial charge in [-0.05, 0) is 18.2 Å². The fraction of sp³-hybridized carbons (Fsp3) is 0. The minimum Gasteiger partial charge on any atom is -0.352 e. The zero-order valence-corrected chi connectivity index (χ0v) is 9.07. The SMILES string of the molecule is N#Cc1ccncc1Nc1ccccc1Cl. The highest BCUT2D eigenvalue weighted by atomic mass is 35.5. The zero-order valence-electron chi connectivity index (χ0n) is 8.31. The van der Waals surface area contributed by atoms with Gasteiger partial charge in [0.1, 0.15) is 6.07 Å². The number of para-hydroxylation sites is 1. The lowest BCUT2D eigenvalue weighted by Crippen LogP contribution is -1.94. The van der Waals surface area contributed by atoms with Gasteiger partial charge in [0.15, 0.2) is 0 Å². The first-order valence-electron chi connectivity index (χ1n) is 4.67. The molecule has 0 fully saturated rings. The predicted octanol–water partition coefficient (Wildman–Crippen LogP) is 3.35. The van der Waals surface area contributed by atoms with Crippen molar-refractivity contribution in [1.29, 1.82) is 5.26 Å². The average Bonchev–Trinajstić information content (AvgIpc) is 2.33. The number of hydrogen-bond acceptors (Lipinski definition) is 3. The second kappa shape index (κ2) is 4.65. The molecule has 0 aliphatic carbocycles. The van der Waals surface area contributed by atoms with E-state index in [9.17, 15) is 0 Å². The Labute approximate surface area is 98.3 Å². The van der Waals surface area contributed by atoms with Crippen LogP contribution in [0.1, 0.15) is 5.56 Å². The van der Waals surface area contributed by atoms with Gasteiger partial charge < -0.3 is 5.32 Å². The molecule has 1 heterocycles. The van der Waals surface area contributed by atoms with Crippen LogP contribution in [0.3, 0.4) is 0 Å². The molecule has 0 radical (unpaired) electrons. The highest BCUT2D eigenvalue weighted by Crippen LogP contribution is 2.25. The predicted molar refractivity (Wildman–Crippen MR) is 63.7 cm³/mol. The summed E-state index contributed by atoms with van der Waals surface area (Å²) in [5.74, 6) is 0. The maximum absolute atomic E-state index is 8.91. The molecule has 0 aliphatic heterocycles. The first-order valence-corrected chi connectivity index (χ1v) is 5.04. The molecule has 16 heavy (non-hydrogen) atoms. The lowest BCUT2D eigenvalue weighted by Gasteiger charge is -2.08. The first kappa shape index (κ1) is 10.5. The molecule has 0 atom stereocenters. The number of anilines is 2. The van der Waals surface area contributed by atoms with Crippen molar-refractivity contribution >= 4 is 23.0 Å². The summed E-state index contributed by atoms with van der Waals surface area (Å²) >= 11 is 6.00. The summed E-state index contributed by atoms with van der Waals surface area (Å²) < 4.78 is 0. The first-order chi connectivity index (χ1) is 7.81. The van der Waals surface area contributed by atoms with E-state index in [1.54, 1.807) is 24.5 Å². The van der Waals surface area contributed by atoms with Gasteiger partial charge in [0.2, 0.25) is 0 Å². The van der Waals surface area contributed by atoms with Crippen LogP contribution in [-0.2, 0) is 0 Å². The fourth-order valence-electron chi connectivity index (χ4n) is 1.30. The second-order valence-corrected chi connectivity index (χ2v) is 3.55. The smallest absolute Gasteiger partial charge is 0.101 e. The van der Waals surface area contributed by atoms with Crippen LogP contribution in [0, 0.1) is 11.3 Å². The summed E-state index contributed by atoms with van der Waals surface area (Å²) in [5.41, 5.74) is 1.95. The number of rotatable bonds is 2. The number of benzene rings is 1. The molecule has 1 aromatic heterocycles. The third kappa shape index (κ3) is 2.13. The van der Waals surface area contributed by atoms with Crippen molar-refractivity contribution in [3.05, 3.63) is 53.3 Å². The Morgan fingerprint density at radius 1 is 1.19 bits per heavy atom. The van der Waals surface area contributed by atoms with Crippen LogP contribution in [0.25, 0.3) is 0 Å². The molecule has 0 saturated heterocycles. The number of nitrogens with one attached hydrogen (secondary N) is 1. The third-order valence-corrected chi connectivity index (χ3v) is 2.41.